The third-order valence-electron chi connectivity index (χ3n) is 3.44. The first kappa shape index (κ1) is 13.6. The van der Waals surface area contributed by atoms with Crippen molar-refractivity contribution in [3.63, 3.8) is 0 Å². The second-order valence-corrected chi connectivity index (χ2v) is 5.18. The summed E-state index contributed by atoms with van der Waals surface area (Å²) in [6.45, 7) is 1.73. The molecule has 106 valence electrons. The standard InChI is InChI=1S/C15H12ClN3O2/c1-9-17-14-12(15(21)18(9)2)7-8-13(20)19(14)11-5-3-10(16)4-6-11/h3-8H,1-2H3. The number of hydrogen-bond acceptors (Lipinski definition) is 3. The zero-order valence-corrected chi connectivity index (χ0v) is 12.3. The molecule has 5 nitrogen and oxygen atoms in total. The molecule has 0 aliphatic heterocycles. The Kier molecular flexibility index (Phi) is 3.14. The SMILES string of the molecule is Cc1nc2c(ccc(=O)n2-c2ccc(Cl)cc2)c(=O)n1C. The van der Waals surface area contributed by atoms with Crippen molar-refractivity contribution >= 4 is 22.6 Å². The minimum atomic E-state index is -0.245. The molecule has 0 aliphatic carbocycles. The first-order valence-electron chi connectivity index (χ1n) is 6.34. The van der Waals surface area contributed by atoms with Crippen LogP contribution in [0, 0.1) is 6.92 Å². The third kappa shape index (κ3) is 2.15. The van der Waals surface area contributed by atoms with Gasteiger partial charge in [-0.3, -0.25) is 18.7 Å². The molecule has 0 N–H and O–H groups in total. The van der Waals surface area contributed by atoms with Gasteiger partial charge in [0.1, 0.15) is 5.82 Å². The van der Waals surface area contributed by atoms with Gasteiger partial charge in [0.05, 0.1) is 11.1 Å². The number of aryl methyl sites for hydroxylation is 1. The van der Waals surface area contributed by atoms with Crippen molar-refractivity contribution in [1.29, 1.82) is 0 Å². The molecule has 3 rings (SSSR count). The summed E-state index contributed by atoms with van der Waals surface area (Å²) < 4.78 is 2.87. The smallest absolute Gasteiger partial charge is 0.262 e. The van der Waals surface area contributed by atoms with Crippen LogP contribution in [0.2, 0.25) is 5.02 Å². The minimum Gasteiger partial charge on any atom is -0.299 e. The Labute approximate surface area is 125 Å². The molecule has 0 aliphatic rings. The van der Waals surface area contributed by atoms with Crippen LogP contribution in [0.4, 0.5) is 0 Å². The Balaban J connectivity index is 2.47. The molecular weight excluding hydrogens is 290 g/mol. The Morgan fingerprint density at radius 3 is 2.38 bits per heavy atom. The largest absolute Gasteiger partial charge is 0.299 e. The van der Waals surface area contributed by atoms with Crippen molar-refractivity contribution in [3.8, 4) is 5.69 Å². The van der Waals surface area contributed by atoms with Gasteiger partial charge >= 0.3 is 0 Å². The van der Waals surface area contributed by atoms with E-state index in [2.05, 4.69) is 4.98 Å². The van der Waals surface area contributed by atoms with E-state index < -0.39 is 0 Å². The van der Waals surface area contributed by atoms with E-state index in [-0.39, 0.29) is 11.1 Å². The summed E-state index contributed by atoms with van der Waals surface area (Å²) in [5, 5.41) is 0.977. The highest BCUT2D eigenvalue weighted by Gasteiger charge is 2.11. The van der Waals surface area contributed by atoms with Gasteiger partial charge in [-0.1, -0.05) is 11.6 Å². The molecule has 6 heteroatoms. The van der Waals surface area contributed by atoms with Gasteiger partial charge in [0.25, 0.3) is 11.1 Å². The highest BCUT2D eigenvalue weighted by atomic mass is 35.5. The highest BCUT2D eigenvalue weighted by molar-refractivity contribution is 6.30. The Hall–Kier alpha value is -2.40. The maximum absolute atomic E-state index is 12.3. The summed E-state index contributed by atoms with van der Waals surface area (Å²) in [6.07, 6.45) is 0. The zero-order chi connectivity index (χ0) is 15.1. The van der Waals surface area contributed by atoms with Gasteiger partial charge in [-0.15, -0.1) is 0 Å². The molecule has 2 aromatic heterocycles. The van der Waals surface area contributed by atoms with Gasteiger partial charge in [0.15, 0.2) is 5.65 Å². The summed E-state index contributed by atoms with van der Waals surface area (Å²) in [4.78, 5) is 28.9. The van der Waals surface area contributed by atoms with Crippen LogP contribution < -0.4 is 11.1 Å². The van der Waals surface area contributed by atoms with Gasteiger partial charge < -0.3 is 0 Å². The number of aromatic nitrogens is 3. The van der Waals surface area contributed by atoms with Gasteiger partial charge in [0.2, 0.25) is 0 Å². The van der Waals surface area contributed by atoms with E-state index in [1.165, 1.54) is 21.3 Å². The maximum Gasteiger partial charge on any atom is 0.262 e. The fourth-order valence-electron chi connectivity index (χ4n) is 2.20. The van der Waals surface area contributed by atoms with E-state index in [0.29, 0.717) is 27.6 Å². The van der Waals surface area contributed by atoms with Crippen LogP contribution in [0.1, 0.15) is 5.82 Å². The first-order chi connectivity index (χ1) is 9.99. The van der Waals surface area contributed by atoms with Crippen LogP contribution >= 0.6 is 11.6 Å². The quantitative estimate of drug-likeness (QED) is 0.691. The van der Waals surface area contributed by atoms with E-state index in [0.717, 1.165) is 0 Å². The minimum absolute atomic E-state index is 0.180. The molecule has 3 aromatic rings. The summed E-state index contributed by atoms with van der Waals surface area (Å²) in [5.41, 5.74) is 0.547. The van der Waals surface area contributed by atoms with Crippen LogP contribution in [0.15, 0.2) is 46.0 Å². The van der Waals surface area contributed by atoms with E-state index in [9.17, 15) is 9.59 Å². The van der Waals surface area contributed by atoms with Gasteiger partial charge in [-0.2, -0.15) is 0 Å². The van der Waals surface area contributed by atoms with Gasteiger partial charge in [0, 0.05) is 18.1 Å². The predicted molar refractivity (Wildman–Crippen MR) is 82.3 cm³/mol. The molecule has 0 spiro atoms. The number of nitrogens with zero attached hydrogens (tertiary/aromatic N) is 3. The van der Waals surface area contributed by atoms with Crippen molar-refractivity contribution in [2.75, 3.05) is 0 Å². The predicted octanol–water partition coefficient (Wildman–Crippen LogP) is 2.05. The monoisotopic (exact) mass is 301 g/mol. The lowest BCUT2D eigenvalue weighted by Gasteiger charge is -2.11. The lowest BCUT2D eigenvalue weighted by Crippen LogP contribution is -2.26. The number of fused-ring (bicyclic) bond motifs is 1. The Morgan fingerprint density at radius 1 is 1.05 bits per heavy atom. The lowest BCUT2D eigenvalue weighted by atomic mass is 10.2. The second kappa shape index (κ2) is 4.86. The molecule has 0 bridgehead atoms. The summed E-state index contributed by atoms with van der Waals surface area (Å²) in [5.74, 6) is 0.542. The van der Waals surface area contributed by atoms with Crippen LogP contribution in [0.25, 0.3) is 16.7 Å². The van der Waals surface area contributed by atoms with E-state index >= 15 is 0 Å². The Morgan fingerprint density at radius 2 is 1.71 bits per heavy atom. The normalized spacial score (nSPS) is 11.0. The zero-order valence-electron chi connectivity index (χ0n) is 11.5. The number of halogens is 1. The first-order valence-corrected chi connectivity index (χ1v) is 6.72. The Bertz CT molecular complexity index is 956. The molecule has 21 heavy (non-hydrogen) atoms. The van der Waals surface area contributed by atoms with Crippen LogP contribution in [0.3, 0.4) is 0 Å². The maximum atomic E-state index is 12.3. The van der Waals surface area contributed by atoms with Gasteiger partial charge in [-0.25, -0.2) is 4.98 Å². The van der Waals surface area contributed by atoms with E-state index in [4.69, 9.17) is 11.6 Å². The van der Waals surface area contributed by atoms with Gasteiger partial charge in [-0.05, 0) is 37.3 Å². The molecule has 0 saturated heterocycles. The molecule has 2 heterocycles. The summed E-state index contributed by atoms with van der Waals surface area (Å²) in [6, 6.07) is 9.70. The van der Waals surface area contributed by atoms with Crippen molar-refractivity contribution in [1.82, 2.24) is 14.1 Å². The average Bonchev–Trinajstić information content (AvgIpc) is 2.46. The molecule has 0 saturated carbocycles. The van der Waals surface area contributed by atoms with Crippen molar-refractivity contribution < 1.29 is 0 Å². The lowest BCUT2D eigenvalue weighted by molar-refractivity contribution is 0.783. The average molecular weight is 302 g/mol. The van der Waals surface area contributed by atoms with E-state index in [1.807, 2.05) is 0 Å². The van der Waals surface area contributed by atoms with Crippen molar-refractivity contribution in [2.45, 2.75) is 6.92 Å². The molecule has 0 atom stereocenters. The molecule has 0 fully saturated rings. The van der Waals surface area contributed by atoms with E-state index in [1.54, 1.807) is 38.2 Å². The fourth-order valence-corrected chi connectivity index (χ4v) is 2.33. The summed E-state index contributed by atoms with van der Waals surface area (Å²) in [7, 11) is 1.65. The fraction of sp³-hybridized carbons (Fsp3) is 0.133. The summed E-state index contributed by atoms with van der Waals surface area (Å²) >= 11 is 5.87. The number of benzene rings is 1. The molecule has 0 amide bonds. The topological polar surface area (TPSA) is 56.9 Å². The molecule has 1 aromatic carbocycles. The highest BCUT2D eigenvalue weighted by Crippen LogP contribution is 2.15. The van der Waals surface area contributed by atoms with Crippen LogP contribution in [0.5, 0.6) is 0 Å². The number of rotatable bonds is 1. The molecule has 0 unspecified atom stereocenters. The molecule has 0 radical (unpaired) electrons. The number of pyridine rings is 1. The van der Waals surface area contributed by atoms with Crippen LogP contribution in [-0.2, 0) is 7.05 Å². The molecular formula is C15H12ClN3O2. The third-order valence-corrected chi connectivity index (χ3v) is 3.69. The van der Waals surface area contributed by atoms with Crippen molar-refractivity contribution in [2.24, 2.45) is 7.05 Å². The van der Waals surface area contributed by atoms with Crippen molar-refractivity contribution in [3.05, 3.63) is 68.0 Å². The van der Waals surface area contributed by atoms with Crippen LogP contribution in [-0.4, -0.2) is 14.1 Å². The number of hydrogen-bond donors (Lipinski definition) is 0. The second-order valence-electron chi connectivity index (χ2n) is 4.74.